The highest BCUT2D eigenvalue weighted by molar-refractivity contribution is 8.00. The van der Waals surface area contributed by atoms with Gasteiger partial charge < -0.3 is 19.9 Å². The first-order valence-corrected chi connectivity index (χ1v) is 28.7. The van der Waals surface area contributed by atoms with Gasteiger partial charge in [0, 0.05) is 16.3 Å². The van der Waals surface area contributed by atoms with Crippen LogP contribution in [0.15, 0.2) is 58.3 Å². The van der Waals surface area contributed by atoms with Crippen molar-refractivity contribution in [3.63, 3.8) is 0 Å². The molecule has 2 heterocycles. The van der Waals surface area contributed by atoms with Crippen molar-refractivity contribution in [3.05, 3.63) is 48.5 Å². The summed E-state index contributed by atoms with van der Waals surface area (Å²) in [5, 5.41) is 0. The Bertz CT molecular complexity index is 3030. The third-order valence-corrected chi connectivity index (χ3v) is 13.7. The fourth-order valence-electron chi connectivity index (χ4n) is 5.69. The summed E-state index contributed by atoms with van der Waals surface area (Å²) in [6.07, 6.45) is -27.2. The van der Waals surface area contributed by atoms with Crippen molar-refractivity contribution in [2.75, 3.05) is 23.7 Å². The van der Waals surface area contributed by atoms with E-state index in [1.807, 2.05) is 0 Å². The Kier molecular flexibility index (Phi) is 18.4. The van der Waals surface area contributed by atoms with Crippen molar-refractivity contribution in [2.24, 2.45) is 0 Å². The van der Waals surface area contributed by atoms with E-state index >= 15 is 0 Å². The van der Waals surface area contributed by atoms with Gasteiger partial charge in [0.25, 0.3) is 10.0 Å². The van der Waals surface area contributed by atoms with Gasteiger partial charge in [-0.3, -0.25) is 36.6 Å². The molecule has 10 atom stereocenters. The molecule has 0 radical (unpaired) electrons. The van der Waals surface area contributed by atoms with Gasteiger partial charge in [-0.05, 0) is 48.5 Å². The minimum atomic E-state index is -6.17. The molecular weight excluding hydrogens is 1130 g/mol. The molecule has 2 aromatic carbocycles. The standard InChI is InChI=1S/C24H32N2O33S9/c25-11-1-7-14(8-2-11)61(27,28)26-12-3-5-13(6-4-12)60-24-22(59-68(47,48)49)19(56-65(38,39)40)17(15(53-24)9-50-62(29,30)31)54-23-21(58-67(44,45)46)20(57-66(41,42)43)18(55-64(35,36)37)16(52-23)10-51-63(32,33)34/h1-8,15-24,26H,9-10,25H2,(H,29,30,31)(H,32,33,34)(H,35,36,37)(H,38,39,40)(H,41,42,43)(H,44,45,46)(H,47,48,49)/t15-,16-,17-,18-,19+,20+,21-,22-,23-,24+/m1/s1. The maximum absolute atomic E-state index is 12.9. The second-order valence-electron chi connectivity index (χ2n) is 12.9. The predicted octanol–water partition coefficient (Wildman–Crippen LogP) is -3.42. The van der Waals surface area contributed by atoms with Gasteiger partial charge >= 0.3 is 72.8 Å². The first-order valence-electron chi connectivity index (χ1n) is 16.8. The zero-order valence-electron chi connectivity index (χ0n) is 32.3. The summed E-state index contributed by atoms with van der Waals surface area (Å²) in [6.45, 7) is -3.60. The molecule has 390 valence electrons. The van der Waals surface area contributed by atoms with E-state index in [4.69, 9.17) is 24.5 Å². The molecular formula is C24H32N2O33S9. The van der Waals surface area contributed by atoms with E-state index in [9.17, 15) is 94.7 Å². The normalized spacial score (nSPS) is 27.1. The highest BCUT2D eigenvalue weighted by Crippen LogP contribution is 2.41. The number of rotatable bonds is 23. The van der Waals surface area contributed by atoms with Gasteiger partial charge in [0.1, 0.15) is 48.2 Å². The summed E-state index contributed by atoms with van der Waals surface area (Å²) in [4.78, 5) is -0.419. The number of anilines is 2. The van der Waals surface area contributed by atoms with Crippen LogP contribution < -0.4 is 10.5 Å². The molecule has 2 fully saturated rings. The summed E-state index contributed by atoms with van der Waals surface area (Å²) in [6, 6.07) is 9.11. The van der Waals surface area contributed by atoms with E-state index < -0.39 is 157 Å². The van der Waals surface area contributed by atoms with Crippen LogP contribution in [0, 0.1) is 0 Å². The molecule has 2 aliphatic heterocycles. The Labute approximate surface area is 389 Å². The van der Waals surface area contributed by atoms with Gasteiger partial charge in [0.2, 0.25) is 0 Å². The van der Waals surface area contributed by atoms with Crippen molar-refractivity contribution >= 4 is 106 Å². The summed E-state index contributed by atoms with van der Waals surface area (Å²) in [7, 11) is -46.0. The molecule has 68 heavy (non-hydrogen) atoms. The number of nitrogens with one attached hydrogen (secondary N) is 1. The van der Waals surface area contributed by atoms with Crippen molar-refractivity contribution < 1.29 is 143 Å². The van der Waals surface area contributed by atoms with E-state index in [2.05, 4.69) is 34.0 Å². The molecule has 0 spiro atoms. The zero-order valence-corrected chi connectivity index (χ0v) is 39.7. The lowest BCUT2D eigenvalue weighted by molar-refractivity contribution is -0.325. The van der Waals surface area contributed by atoms with Gasteiger partial charge in [-0.1, -0.05) is 11.8 Å². The Morgan fingerprint density at radius 3 is 1.32 bits per heavy atom. The average molecular weight is 1170 g/mol. The number of sulfonamides is 1. The smallest absolute Gasteiger partial charge is 0.397 e. The van der Waals surface area contributed by atoms with Crippen LogP contribution in [-0.2, 0) is 126 Å². The van der Waals surface area contributed by atoms with Gasteiger partial charge in [-0.25, -0.2) is 37.7 Å². The SMILES string of the molecule is Nc1ccc(S(=O)(=O)Nc2ccc(S[C@@H]3O[C@H](COS(=O)(=O)O)[C@@H](O[C@H]4O[C@H](COS(=O)(=O)O)[C@@H](OS(=O)(=O)O)[C@H](OS(=O)(=O)O)[C@H]4OS(=O)(=O)O)[C@H](OS(=O)(=O)O)[C@H]3OS(=O)(=O)O)cc2)cc1. The molecule has 0 bridgehead atoms. The van der Waals surface area contributed by atoms with Crippen LogP contribution in [0.4, 0.5) is 11.4 Å². The third-order valence-electron chi connectivity index (χ3n) is 7.95. The minimum Gasteiger partial charge on any atom is -0.399 e. The van der Waals surface area contributed by atoms with Crippen LogP contribution in [0.1, 0.15) is 0 Å². The maximum atomic E-state index is 12.9. The fraction of sp³-hybridized carbons (Fsp3) is 0.500. The van der Waals surface area contributed by atoms with Crippen LogP contribution in [-0.4, -0.2) is 173 Å². The van der Waals surface area contributed by atoms with Crippen LogP contribution >= 0.6 is 11.8 Å². The van der Waals surface area contributed by atoms with Gasteiger partial charge in [-0.15, -0.1) is 0 Å². The summed E-state index contributed by atoms with van der Waals surface area (Å²) in [5.74, 6) is 0. The first kappa shape index (κ1) is 57.9. The highest BCUT2D eigenvalue weighted by Gasteiger charge is 2.58. The molecule has 2 aromatic rings. The van der Waals surface area contributed by atoms with Crippen LogP contribution in [0.5, 0.6) is 0 Å². The molecule has 0 unspecified atom stereocenters. The first-order chi connectivity index (χ1) is 30.7. The van der Waals surface area contributed by atoms with E-state index in [0.29, 0.717) is 0 Å². The summed E-state index contributed by atoms with van der Waals surface area (Å²) < 4.78 is 308. The van der Waals surface area contributed by atoms with Crippen molar-refractivity contribution in [1.29, 1.82) is 0 Å². The lowest BCUT2D eigenvalue weighted by Crippen LogP contribution is -2.66. The van der Waals surface area contributed by atoms with Crippen molar-refractivity contribution in [1.82, 2.24) is 0 Å². The zero-order chi connectivity index (χ0) is 51.6. The summed E-state index contributed by atoms with van der Waals surface area (Å²) in [5.41, 5.74) is 3.36. The van der Waals surface area contributed by atoms with Crippen LogP contribution in [0.2, 0.25) is 0 Å². The molecule has 0 aromatic heterocycles. The number of thioether (sulfide) groups is 1. The number of ether oxygens (including phenoxy) is 3. The van der Waals surface area contributed by atoms with Crippen LogP contribution in [0.25, 0.3) is 0 Å². The molecule has 2 aliphatic rings. The summed E-state index contributed by atoms with van der Waals surface area (Å²) >= 11 is 0.213. The molecule has 35 nitrogen and oxygen atoms in total. The topological polar surface area (TPSA) is 545 Å². The van der Waals surface area contributed by atoms with Crippen LogP contribution in [0.3, 0.4) is 0 Å². The minimum absolute atomic E-state index is 0.156. The largest absolute Gasteiger partial charge is 0.399 e. The molecule has 2 saturated heterocycles. The Morgan fingerprint density at radius 1 is 0.485 bits per heavy atom. The van der Waals surface area contributed by atoms with E-state index in [1.165, 1.54) is 12.1 Å². The van der Waals surface area contributed by atoms with Crippen molar-refractivity contribution in [2.45, 2.75) is 70.3 Å². The predicted molar refractivity (Wildman–Crippen MR) is 213 cm³/mol. The molecule has 0 amide bonds. The highest BCUT2D eigenvalue weighted by atomic mass is 32.3. The monoisotopic (exact) mass is 1160 g/mol. The molecule has 44 heteroatoms. The van der Waals surface area contributed by atoms with Crippen molar-refractivity contribution in [3.8, 4) is 0 Å². The van der Waals surface area contributed by atoms with E-state index in [1.54, 1.807) is 0 Å². The lowest BCUT2D eigenvalue weighted by atomic mass is 9.97. The lowest BCUT2D eigenvalue weighted by Gasteiger charge is -2.48. The average Bonchev–Trinajstić information content (AvgIpc) is 3.12. The Morgan fingerprint density at radius 2 is 0.882 bits per heavy atom. The number of hydrogen-bond donors (Lipinski definition) is 9. The Balaban J connectivity index is 1.90. The Hall–Kier alpha value is -2.69. The second kappa shape index (κ2) is 21.6. The number of nitrogen functional groups attached to an aromatic ring is 1. The third kappa shape index (κ3) is 19.1. The van der Waals surface area contributed by atoms with Gasteiger partial charge in [0.15, 0.2) is 12.4 Å². The molecule has 10 N–H and O–H groups in total. The molecule has 4 rings (SSSR count). The van der Waals surface area contributed by atoms with E-state index in [-0.39, 0.29) is 32.9 Å². The number of nitrogens with two attached hydrogens (primary N) is 1. The van der Waals surface area contributed by atoms with Gasteiger partial charge in [-0.2, -0.15) is 58.9 Å². The van der Waals surface area contributed by atoms with Gasteiger partial charge in [0.05, 0.1) is 18.1 Å². The maximum Gasteiger partial charge on any atom is 0.397 e. The quantitative estimate of drug-likeness (QED) is 0.0386. The number of benzene rings is 2. The number of hydrogen-bond acceptors (Lipinski definition) is 28. The molecule has 0 aliphatic carbocycles. The fourth-order valence-corrected chi connectivity index (χ4v) is 11.0. The second-order valence-corrected chi connectivity index (χ2v) is 23.1. The van der Waals surface area contributed by atoms with E-state index in [0.717, 1.165) is 36.4 Å². The molecule has 0 saturated carbocycles.